The van der Waals surface area contributed by atoms with Crippen LogP contribution < -0.4 is 15.9 Å². The second-order valence-corrected chi connectivity index (χ2v) is 16.5. The molecule has 2 aliphatic heterocycles. The topological polar surface area (TPSA) is 97.3 Å². The number of hydrogen-bond acceptors (Lipinski definition) is 8. The second-order valence-electron chi connectivity index (χ2n) is 14.8. The van der Waals surface area contributed by atoms with Gasteiger partial charge in [0.1, 0.15) is 16.9 Å². The first-order valence-electron chi connectivity index (χ1n) is 19.1. The number of methoxy groups -OCH3 is 1. The lowest BCUT2D eigenvalue weighted by Crippen LogP contribution is -2.24. The molecular formula is C42H63FN5O2PS. The molecule has 0 spiro atoms. The predicted molar refractivity (Wildman–Crippen MR) is 224 cm³/mol. The van der Waals surface area contributed by atoms with Crippen molar-refractivity contribution in [1.29, 1.82) is 5.26 Å². The van der Waals surface area contributed by atoms with Crippen molar-refractivity contribution >= 4 is 59.1 Å². The van der Waals surface area contributed by atoms with E-state index in [1.54, 1.807) is 14.0 Å². The Bertz CT molecular complexity index is 1760. The molecule has 3 aromatic rings. The van der Waals surface area contributed by atoms with Gasteiger partial charge in [-0.2, -0.15) is 5.26 Å². The summed E-state index contributed by atoms with van der Waals surface area (Å²) in [6.07, 6.45) is 11.0. The zero-order valence-electron chi connectivity index (χ0n) is 33.6. The number of anilines is 2. The maximum atomic E-state index is 15.3. The number of unbranched alkanes of at least 4 members (excludes halogenated alkanes) is 2. The number of fused-ring (bicyclic) bond motifs is 3. The number of ether oxygens (including phenoxy) is 2. The van der Waals surface area contributed by atoms with Gasteiger partial charge in [0, 0.05) is 48.6 Å². The first-order chi connectivity index (χ1) is 24.8. The van der Waals surface area contributed by atoms with Crippen LogP contribution in [0.3, 0.4) is 0 Å². The van der Waals surface area contributed by atoms with Crippen molar-refractivity contribution in [2.45, 2.75) is 127 Å². The molecule has 0 amide bonds. The van der Waals surface area contributed by atoms with E-state index in [-0.39, 0.29) is 6.10 Å². The molecule has 286 valence electrons. The van der Waals surface area contributed by atoms with Crippen LogP contribution in [-0.2, 0) is 22.7 Å². The number of thiophene rings is 1. The lowest BCUT2D eigenvalue weighted by Gasteiger charge is -2.22. The Morgan fingerprint density at radius 2 is 1.83 bits per heavy atom. The highest BCUT2D eigenvalue weighted by atomic mass is 32.1. The minimum atomic E-state index is -0.399. The summed E-state index contributed by atoms with van der Waals surface area (Å²) in [5.41, 5.74) is 12.7. The number of allylic oxidation sites excluding steroid dienone is 2. The molecule has 1 fully saturated rings. The molecule has 10 heteroatoms. The van der Waals surface area contributed by atoms with Crippen LogP contribution in [0.2, 0.25) is 0 Å². The molecule has 3 unspecified atom stereocenters. The van der Waals surface area contributed by atoms with E-state index in [1.165, 1.54) is 38.2 Å². The molecule has 5 rings (SSSR count). The fourth-order valence-electron chi connectivity index (χ4n) is 6.45. The molecule has 2 aromatic heterocycles. The molecule has 7 nitrogen and oxygen atoms in total. The molecule has 2 N–H and O–H groups in total. The van der Waals surface area contributed by atoms with Crippen LogP contribution >= 0.6 is 20.6 Å². The van der Waals surface area contributed by atoms with E-state index in [1.807, 2.05) is 13.1 Å². The van der Waals surface area contributed by atoms with Gasteiger partial charge in [-0.25, -0.2) is 14.4 Å². The van der Waals surface area contributed by atoms with Crippen molar-refractivity contribution in [3.8, 4) is 6.07 Å². The fraction of sp³-hybridized carbons (Fsp3) is 0.595. The van der Waals surface area contributed by atoms with Crippen LogP contribution in [-0.4, -0.2) is 36.3 Å². The van der Waals surface area contributed by atoms with Crippen molar-refractivity contribution in [2.24, 2.45) is 17.8 Å². The molecule has 0 bridgehead atoms. The molecule has 2 aliphatic rings. The van der Waals surface area contributed by atoms with Crippen LogP contribution in [0.4, 0.5) is 15.3 Å². The minimum absolute atomic E-state index is 0.124. The maximum Gasteiger partial charge on any atom is 0.225 e. The van der Waals surface area contributed by atoms with Gasteiger partial charge in [0.05, 0.1) is 35.3 Å². The number of benzene rings is 1. The first-order valence-corrected chi connectivity index (χ1v) is 20.5. The van der Waals surface area contributed by atoms with E-state index < -0.39 is 5.83 Å². The molecule has 0 radical (unpaired) electrons. The third-order valence-electron chi connectivity index (χ3n) is 10.1. The Hall–Kier alpha value is -2.89. The Labute approximate surface area is 319 Å². The number of nitrogens with two attached hydrogens (primary N) is 1. The first kappa shape index (κ1) is 43.5. The van der Waals surface area contributed by atoms with Crippen molar-refractivity contribution in [3.63, 3.8) is 0 Å². The average molecular weight is 752 g/mol. The number of hydrogen-bond donors (Lipinski definition) is 1. The predicted octanol–water partition coefficient (Wildman–Crippen LogP) is 11.0. The zero-order valence-corrected chi connectivity index (χ0v) is 35.6. The number of nitriles is 1. The molecule has 4 heterocycles. The molecule has 0 saturated carbocycles. The SMILES string of the molecule is C/C=C(/F)c1sc(N)c(C#N)c1C(=C(C)CC)c1c2c(c3cnc(N4CC(C)C(OC)C4)nc3c1P)COC2.CCC(C)C.CCCCCC(C)C. The highest BCUT2D eigenvalue weighted by Gasteiger charge is 2.33. The van der Waals surface area contributed by atoms with Crippen LogP contribution in [0, 0.1) is 29.1 Å². The summed E-state index contributed by atoms with van der Waals surface area (Å²) in [7, 11) is 4.61. The summed E-state index contributed by atoms with van der Waals surface area (Å²) in [6, 6.07) is 2.25. The number of aromatic nitrogens is 2. The summed E-state index contributed by atoms with van der Waals surface area (Å²) in [6.45, 7) is 23.7. The molecular weight excluding hydrogens is 689 g/mol. The van der Waals surface area contributed by atoms with Crippen LogP contribution in [0.1, 0.15) is 140 Å². The number of nitrogen functional groups attached to an aromatic ring is 1. The van der Waals surface area contributed by atoms with Gasteiger partial charge in [0.25, 0.3) is 0 Å². The van der Waals surface area contributed by atoms with Gasteiger partial charge >= 0.3 is 0 Å². The molecule has 0 aliphatic carbocycles. The lowest BCUT2D eigenvalue weighted by atomic mass is 9.85. The van der Waals surface area contributed by atoms with E-state index in [0.29, 0.717) is 52.5 Å². The highest BCUT2D eigenvalue weighted by molar-refractivity contribution is 7.28. The number of halogens is 1. The number of rotatable bonds is 11. The van der Waals surface area contributed by atoms with Crippen molar-refractivity contribution in [2.75, 3.05) is 30.8 Å². The van der Waals surface area contributed by atoms with Gasteiger partial charge in [0.15, 0.2) is 0 Å². The van der Waals surface area contributed by atoms with Gasteiger partial charge in [-0.05, 0) is 54.4 Å². The summed E-state index contributed by atoms with van der Waals surface area (Å²) >= 11 is 1.11. The summed E-state index contributed by atoms with van der Waals surface area (Å²) in [5.74, 6) is 2.41. The van der Waals surface area contributed by atoms with Gasteiger partial charge in [0.2, 0.25) is 5.95 Å². The van der Waals surface area contributed by atoms with Crippen LogP contribution in [0.5, 0.6) is 0 Å². The van der Waals surface area contributed by atoms with E-state index in [4.69, 9.17) is 25.2 Å². The third kappa shape index (κ3) is 10.2. The van der Waals surface area contributed by atoms with E-state index in [0.717, 1.165) is 80.3 Å². The van der Waals surface area contributed by atoms with Gasteiger partial charge in [-0.3, -0.25) is 0 Å². The van der Waals surface area contributed by atoms with Gasteiger partial charge in [-0.15, -0.1) is 20.6 Å². The largest absolute Gasteiger partial charge is 0.389 e. The van der Waals surface area contributed by atoms with E-state index in [2.05, 4.69) is 75.6 Å². The third-order valence-corrected chi connectivity index (χ3v) is 11.7. The second kappa shape index (κ2) is 20.5. The van der Waals surface area contributed by atoms with Crippen LogP contribution in [0.15, 0.2) is 17.8 Å². The van der Waals surface area contributed by atoms with E-state index >= 15 is 4.39 Å². The summed E-state index contributed by atoms with van der Waals surface area (Å²) in [5, 5.41) is 12.2. The molecule has 52 heavy (non-hydrogen) atoms. The molecule has 1 saturated heterocycles. The Balaban J connectivity index is 0.000000480. The van der Waals surface area contributed by atoms with Crippen LogP contribution in [0.25, 0.3) is 22.3 Å². The summed E-state index contributed by atoms with van der Waals surface area (Å²) < 4.78 is 26.9. The average Bonchev–Trinajstić information content (AvgIpc) is 3.86. The maximum absolute atomic E-state index is 15.3. The zero-order chi connectivity index (χ0) is 38.7. The standard InChI is InChI=1S/C29H33FN5O2PS.C8H18.C5H12/c1-6-14(3)22(24-16(8-31)28(32)39-27(24)20(30)7-2)23-19-13-37-12-18(19)17-9-33-29(34-25(17)26(23)38)35-10-15(4)21(11-35)36-5;1-4-5-6-7-8(2)3;1-4-5(2)3/h7,9,15,21H,6,10-13,32,38H2,1-5H3;8H,4-7H2,1-3H3;5H,4H2,1-3H3/b20-7+,22-14?;;. The highest BCUT2D eigenvalue weighted by Crippen LogP contribution is 2.46. The van der Waals surface area contributed by atoms with Gasteiger partial charge < -0.3 is 20.1 Å². The molecule has 3 atom stereocenters. The normalized spacial score (nSPS) is 17.5. The lowest BCUT2D eigenvalue weighted by molar-refractivity contribution is 0.0899. The Morgan fingerprint density at radius 3 is 2.37 bits per heavy atom. The van der Waals surface area contributed by atoms with Gasteiger partial charge in [-0.1, -0.05) is 99.1 Å². The fourth-order valence-corrected chi connectivity index (χ4v) is 7.98. The smallest absolute Gasteiger partial charge is 0.225 e. The monoisotopic (exact) mass is 751 g/mol. The molecule has 1 aromatic carbocycles. The Morgan fingerprint density at radius 1 is 1.15 bits per heavy atom. The number of nitrogens with zero attached hydrogens (tertiary/aromatic N) is 4. The van der Waals surface area contributed by atoms with E-state index in [9.17, 15) is 5.26 Å². The quantitative estimate of drug-likeness (QED) is 0.154. The van der Waals surface area contributed by atoms with Crippen molar-refractivity contribution < 1.29 is 13.9 Å². The van der Waals surface area contributed by atoms with Crippen molar-refractivity contribution in [1.82, 2.24) is 9.97 Å². The summed E-state index contributed by atoms with van der Waals surface area (Å²) in [4.78, 5) is 12.3. The minimum Gasteiger partial charge on any atom is -0.389 e. The Kier molecular flexibility index (Phi) is 17.2. The van der Waals surface area contributed by atoms with Crippen molar-refractivity contribution in [3.05, 3.63) is 50.5 Å².